The topological polar surface area (TPSA) is 227 Å². The zero-order valence-corrected chi connectivity index (χ0v) is 15.9. The van der Waals surface area contributed by atoms with Crippen LogP contribution in [0.4, 0.5) is 6.01 Å². The number of primary sulfonamides is 2. The van der Waals surface area contributed by atoms with Crippen LogP contribution in [0.3, 0.4) is 0 Å². The summed E-state index contributed by atoms with van der Waals surface area (Å²) in [5.74, 6) is -0.219. The average molecular weight is 436 g/mol. The molecule has 29 heavy (non-hydrogen) atoms. The number of fused-ring (bicyclic) bond motifs is 1. The molecule has 0 bridgehead atoms. The molecule has 0 saturated carbocycles. The minimum absolute atomic E-state index is 0.110. The lowest BCUT2D eigenvalue weighted by molar-refractivity contribution is 0.584. The summed E-state index contributed by atoms with van der Waals surface area (Å²) in [6.07, 6.45) is 0. The number of nitrogens with zero attached hydrogens (tertiary/aromatic N) is 4. The smallest absolute Gasteiger partial charge is 0.293 e. The van der Waals surface area contributed by atoms with Gasteiger partial charge in [-0.25, -0.2) is 27.1 Å². The summed E-state index contributed by atoms with van der Waals surface area (Å²) in [6.45, 7) is 0. The molecule has 2 heterocycles. The number of nitrogen functional groups attached to an aromatic ring is 1. The van der Waals surface area contributed by atoms with Gasteiger partial charge in [-0.05, 0) is 22.9 Å². The number of nitrogens with two attached hydrogens (primary N) is 3. The van der Waals surface area contributed by atoms with Crippen molar-refractivity contribution in [3.05, 3.63) is 30.3 Å². The van der Waals surface area contributed by atoms with E-state index < -0.39 is 29.8 Å². The number of para-hydroxylation sites is 1. The largest absolute Gasteiger partial charge is 0.424 e. The Kier molecular flexibility index (Phi) is 4.12. The molecule has 0 aliphatic heterocycles. The molecule has 0 radical (unpaired) electrons. The van der Waals surface area contributed by atoms with Gasteiger partial charge >= 0.3 is 0 Å². The molecule has 15 heteroatoms. The summed E-state index contributed by atoms with van der Waals surface area (Å²) in [4.78, 5) is 2.61. The summed E-state index contributed by atoms with van der Waals surface area (Å²) in [6, 6.07) is 7.08. The Morgan fingerprint density at radius 2 is 1.72 bits per heavy atom. The molecule has 7 N–H and O–H groups in total. The van der Waals surface area contributed by atoms with Gasteiger partial charge < -0.3 is 10.2 Å². The highest BCUT2D eigenvalue weighted by atomic mass is 32.2. The first-order valence-corrected chi connectivity index (χ1v) is 10.8. The molecule has 0 saturated heterocycles. The maximum Gasteiger partial charge on any atom is 0.293 e. The SMILES string of the molecule is Nc1nc2c(-c3ccc(S(N)(=O)=O)c(S(N)(=O)=O)c3-c3nn[nH]n3)cccc2o1. The van der Waals surface area contributed by atoms with E-state index in [-0.39, 0.29) is 23.0 Å². The molecule has 2 aromatic heterocycles. The number of benzene rings is 2. The Labute approximate surface area is 163 Å². The van der Waals surface area contributed by atoms with Gasteiger partial charge in [0, 0.05) is 5.56 Å². The van der Waals surface area contributed by atoms with E-state index in [1.165, 1.54) is 6.07 Å². The van der Waals surface area contributed by atoms with Crippen molar-refractivity contribution in [1.82, 2.24) is 25.6 Å². The predicted molar refractivity (Wildman–Crippen MR) is 99.8 cm³/mol. The predicted octanol–water partition coefficient (Wildman–Crippen LogP) is -0.448. The Balaban J connectivity index is 2.22. The van der Waals surface area contributed by atoms with Crippen LogP contribution in [0.15, 0.2) is 44.5 Å². The minimum Gasteiger partial charge on any atom is -0.424 e. The maximum atomic E-state index is 12.4. The van der Waals surface area contributed by atoms with E-state index in [9.17, 15) is 16.8 Å². The highest BCUT2D eigenvalue weighted by Gasteiger charge is 2.31. The summed E-state index contributed by atoms with van der Waals surface area (Å²) >= 11 is 0. The summed E-state index contributed by atoms with van der Waals surface area (Å²) in [5.41, 5.74) is 6.60. The number of oxazole rings is 1. The first-order valence-electron chi connectivity index (χ1n) is 7.69. The molecule has 0 aliphatic rings. The van der Waals surface area contributed by atoms with Crippen molar-refractivity contribution in [2.75, 3.05) is 5.73 Å². The van der Waals surface area contributed by atoms with Crippen LogP contribution in [0.5, 0.6) is 0 Å². The average Bonchev–Trinajstić information content (AvgIpc) is 3.27. The second-order valence-electron chi connectivity index (χ2n) is 5.85. The monoisotopic (exact) mass is 436 g/mol. The van der Waals surface area contributed by atoms with E-state index >= 15 is 0 Å². The fourth-order valence-corrected chi connectivity index (χ4v) is 5.12. The van der Waals surface area contributed by atoms with Crippen LogP contribution in [0, 0.1) is 0 Å². The Morgan fingerprint density at radius 1 is 0.966 bits per heavy atom. The number of H-pyrrole nitrogens is 1. The third-order valence-corrected chi connectivity index (χ3v) is 6.08. The van der Waals surface area contributed by atoms with Crippen LogP contribution in [-0.4, -0.2) is 42.4 Å². The van der Waals surface area contributed by atoms with Crippen molar-refractivity contribution in [1.29, 1.82) is 0 Å². The van der Waals surface area contributed by atoms with Crippen LogP contribution in [0.25, 0.3) is 33.6 Å². The van der Waals surface area contributed by atoms with Gasteiger partial charge in [-0.3, -0.25) is 0 Å². The third-order valence-electron chi connectivity index (χ3n) is 4.01. The van der Waals surface area contributed by atoms with Crippen molar-refractivity contribution in [3.63, 3.8) is 0 Å². The van der Waals surface area contributed by atoms with Gasteiger partial charge in [0.1, 0.15) is 15.3 Å². The van der Waals surface area contributed by atoms with E-state index in [0.29, 0.717) is 16.7 Å². The van der Waals surface area contributed by atoms with Gasteiger partial charge in [0.2, 0.25) is 25.9 Å². The Morgan fingerprint density at radius 3 is 2.34 bits per heavy atom. The molecule has 4 aromatic rings. The molecular weight excluding hydrogens is 424 g/mol. The van der Waals surface area contributed by atoms with Crippen molar-refractivity contribution >= 4 is 37.2 Å². The molecule has 0 fully saturated rings. The lowest BCUT2D eigenvalue weighted by atomic mass is 9.98. The summed E-state index contributed by atoms with van der Waals surface area (Å²) in [5, 5.41) is 23.7. The zero-order chi connectivity index (χ0) is 21.0. The number of rotatable bonds is 4. The quantitative estimate of drug-likeness (QED) is 0.322. The molecule has 4 rings (SSSR count). The molecule has 0 amide bonds. The highest BCUT2D eigenvalue weighted by molar-refractivity contribution is 7.92. The lowest BCUT2D eigenvalue weighted by Crippen LogP contribution is -2.22. The second-order valence-corrected chi connectivity index (χ2v) is 8.87. The van der Waals surface area contributed by atoms with Gasteiger partial charge in [-0.15, -0.1) is 10.2 Å². The van der Waals surface area contributed by atoms with Crippen molar-refractivity contribution in [3.8, 4) is 22.5 Å². The molecule has 0 unspecified atom stereocenters. The van der Waals surface area contributed by atoms with Crippen LogP contribution in [-0.2, 0) is 20.0 Å². The highest BCUT2D eigenvalue weighted by Crippen LogP contribution is 2.40. The number of hydrogen-bond acceptors (Lipinski definition) is 10. The van der Waals surface area contributed by atoms with Gasteiger partial charge in [0.25, 0.3) is 6.01 Å². The van der Waals surface area contributed by atoms with Crippen LogP contribution >= 0.6 is 0 Å². The molecule has 13 nitrogen and oxygen atoms in total. The van der Waals surface area contributed by atoms with Crippen molar-refractivity contribution in [2.45, 2.75) is 9.79 Å². The number of aromatic nitrogens is 5. The maximum absolute atomic E-state index is 12.4. The lowest BCUT2D eigenvalue weighted by Gasteiger charge is -2.15. The fraction of sp³-hybridized carbons (Fsp3) is 0. The van der Waals surface area contributed by atoms with Crippen molar-refractivity contribution in [2.24, 2.45) is 10.3 Å². The van der Waals surface area contributed by atoms with Gasteiger partial charge in [0.15, 0.2) is 5.58 Å². The molecule has 150 valence electrons. The zero-order valence-electron chi connectivity index (χ0n) is 14.3. The van der Waals surface area contributed by atoms with Crippen LogP contribution < -0.4 is 16.0 Å². The normalized spacial score (nSPS) is 12.5. The molecule has 0 spiro atoms. The Hall–Kier alpha value is -3.40. The summed E-state index contributed by atoms with van der Waals surface area (Å²) in [7, 11) is -9.07. The van der Waals surface area contributed by atoms with E-state index in [1.54, 1.807) is 18.2 Å². The van der Waals surface area contributed by atoms with Crippen LogP contribution in [0.1, 0.15) is 0 Å². The standard InChI is InChI=1S/C14H12N8O5S2/c15-14-18-11-7(2-1-3-8(11)27-14)6-4-5-9(28(16,23)24)12(29(17,25)26)10(6)13-19-21-22-20-13/h1-5H,(H2,15,18)(H2,16,23,24)(H2,17,25,26)(H,19,20,21,22). The molecular formula is C14H12N8O5S2. The van der Waals surface area contributed by atoms with E-state index in [2.05, 4.69) is 25.6 Å². The van der Waals surface area contributed by atoms with E-state index in [1.807, 2.05) is 0 Å². The molecule has 0 aliphatic carbocycles. The number of nitrogens with one attached hydrogen (secondary N) is 1. The Bertz CT molecular complexity index is 1460. The number of aromatic amines is 1. The number of sulfonamides is 2. The minimum atomic E-state index is -4.60. The fourth-order valence-electron chi connectivity index (χ4n) is 2.97. The first kappa shape index (κ1) is 18.9. The number of tetrazole rings is 1. The summed E-state index contributed by atoms with van der Waals surface area (Å²) < 4.78 is 54.1. The first-order chi connectivity index (χ1) is 13.6. The van der Waals surface area contributed by atoms with E-state index in [4.69, 9.17) is 20.4 Å². The molecule has 0 atom stereocenters. The van der Waals surface area contributed by atoms with Gasteiger partial charge in [-0.2, -0.15) is 10.2 Å². The number of anilines is 1. The third kappa shape index (κ3) is 3.21. The van der Waals surface area contributed by atoms with Gasteiger partial charge in [-0.1, -0.05) is 18.2 Å². The van der Waals surface area contributed by atoms with Gasteiger partial charge in [0.05, 0.1) is 5.56 Å². The van der Waals surface area contributed by atoms with Crippen molar-refractivity contribution < 1.29 is 21.3 Å². The van der Waals surface area contributed by atoms with E-state index in [0.717, 1.165) is 6.07 Å². The van der Waals surface area contributed by atoms with Crippen LogP contribution in [0.2, 0.25) is 0 Å². The number of hydrogen-bond donors (Lipinski definition) is 4. The second kappa shape index (κ2) is 6.31. The molecule has 2 aromatic carbocycles.